The van der Waals surface area contributed by atoms with Crippen LogP contribution in [0.15, 0.2) is 36.4 Å². The molecule has 1 N–H and O–H groups in total. The van der Waals surface area contributed by atoms with E-state index in [1.54, 1.807) is 6.92 Å². The summed E-state index contributed by atoms with van der Waals surface area (Å²) in [6.07, 6.45) is 0.883. The highest BCUT2D eigenvalue weighted by molar-refractivity contribution is 5.72. The Morgan fingerprint density at radius 2 is 1.77 bits per heavy atom. The van der Waals surface area contributed by atoms with Crippen molar-refractivity contribution in [2.45, 2.75) is 73.4 Å². The van der Waals surface area contributed by atoms with Crippen LogP contribution in [-0.2, 0) is 17.8 Å². The van der Waals surface area contributed by atoms with Crippen LogP contribution in [-0.4, -0.2) is 53.1 Å². The molecular formula is C32H42N6O. The Labute approximate surface area is 233 Å². The molecule has 1 amide bonds. The fourth-order valence-electron chi connectivity index (χ4n) is 5.86. The Hall–Kier alpha value is -3.45. The molecular weight excluding hydrogens is 484 g/mol. The molecule has 0 saturated carbocycles. The molecule has 7 nitrogen and oxygen atoms in total. The molecule has 39 heavy (non-hydrogen) atoms. The van der Waals surface area contributed by atoms with Gasteiger partial charge in [0.05, 0.1) is 5.69 Å². The maximum Gasteiger partial charge on any atom is 0.231 e. The Morgan fingerprint density at radius 1 is 1.00 bits per heavy atom. The molecule has 0 bridgehead atoms. The summed E-state index contributed by atoms with van der Waals surface area (Å²) < 4.78 is 0. The van der Waals surface area contributed by atoms with E-state index >= 15 is 0 Å². The summed E-state index contributed by atoms with van der Waals surface area (Å²) in [6, 6.07) is 13.6. The van der Waals surface area contributed by atoms with Gasteiger partial charge >= 0.3 is 0 Å². The van der Waals surface area contributed by atoms with E-state index in [0.29, 0.717) is 5.92 Å². The molecule has 1 atom stereocenters. The highest BCUT2D eigenvalue weighted by Gasteiger charge is 2.31. The van der Waals surface area contributed by atoms with Crippen LogP contribution in [0.1, 0.15) is 67.1 Å². The summed E-state index contributed by atoms with van der Waals surface area (Å²) in [5.41, 5.74) is 12.8. The van der Waals surface area contributed by atoms with Crippen LogP contribution in [0.25, 0.3) is 11.4 Å². The van der Waals surface area contributed by atoms with E-state index in [1.807, 2.05) is 5.01 Å². The number of carbonyl (C=O) groups is 1. The molecule has 0 aliphatic carbocycles. The summed E-state index contributed by atoms with van der Waals surface area (Å²) in [5, 5.41) is 2.02. The highest BCUT2D eigenvalue weighted by Crippen LogP contribution is 2.36. The van der Waals surface area contributed by atoms with Crippen LogP contribution in [0, 0.1) is 20.8 Å². The minimum absolute atomic E-state index is 0.0260. The third-order valence-corrected chi connectivity index (χ3v) is 8.13. The Bertz CT molecular complexity index is 1380. The van der Waals surface area contributed by atoms with Gasteiger partial charge in [0.1, 0.15) is 5.82 Å². The first-order valence-electron chi connectivity index (χ1n) is 14.2. The second kappa shape index (κ2) is 11.0. The van der Waals surface area contributed by atoms with Gasteiger partial charge in [-0.2, -0.15) is 0 Å². The van der Waals surface area contributed by atoms with Crippen molar-refractivity contribution < 1.29 is 4.79 Å². The number of rotatable bonds is 5. The largest absolute Gasteiger partial charge is 0.366 e. The zero-order valence-electron chi connectivity index (χ0n) is 24.5. The number of nitrogens with one attached hydrogen (secondary N) is 1. The average molecular weight is 527 g/mol. The molecule has 1 aromatic heterocycles. The summed E-state index contributed by atoms with van der Waals surface area (Å²) in [6.45, 7) is 18.8. The van der Waals surface area contributed by atoms with Gasteiger partial charge in [-0.25, -0.2) is 15.0 Å². The molecule has 0 spiro atoms. The van der Waals surface area contributed by atoms with Crippen LogP contribution in [0.5, 0.6) is 0 Å². The molecule has 0 radical (unpaired) electrons. The summed E-state index contributed by atoms with van der Waals surface area (Å²) in [4.78, 5) is 27.1. The molecule has 7 heteroatoms. The van der Waals surface area contributed by atoms with E-state index in [4.69, 9.17) is 9.97 Å². The smallest absolute Gasteiger partial charge is 0.231 e. The van der Waals surface area contributed by atoms with E-state index in [1.165, 1.54) is 33.5 Å². The Kier molecular flexibility index (Phi) is 7.63. The number of nitrogens with zero attached hydrogens (tertiary/aromatic N) is 5. The third-order valence-electron chi connectivity index (χ3n) is 8.13. The lowest BCUT2D eigenvalue weighted by molar-refractivity contribution is -0.124. The summed E-state index contributed by atoms with van der Waals surface area (Å²) in [7, 11) is 0. The van der Waals surface area contributed by atoms with Gasteiger partial charge in [-0.3, -0.25) is 10.2 Å². The molecule has 1 fully saturated rings. The minimum atomic E-state index is -0.0260. The molecule has 2 aliphatic rings. The van der Waals surface area contributed by atoms with Crippen LogP contribution < -0.4 is 15.2 Å². The molecule has 206 valence electrons. The van der Waals surface area contributed by atoms with Gasteiger partial charge in [-0.05, 0) is 62.4 Å². The van der Waals surface area contributed by atoms with E-state index in [2.05, 4.69) is 93.2 Å². The van der Waals surface area contributed by atoms with E-state index < -0.39 is 0 Å². The number of amides is 1. The molecule has 2 aliphatic heterocycles. The molecule has 2 aromatic carbocycles. The van der Waals surface area contributed by atoms with Crippen LogP contribution >= 0.6 is 0 Å². The van der Waals surface area contributed by atoms with E-state index in [9.17, 15) is 4.79 Å². The van der Waals surface area contributed by atoms with Gasteiger partial charge in [0.2, 0.25) is 5.91 Å². The maximum absolute atomic E-state index is 11.7. The van der Waals surface area contributed by atoms with Crippen LogP contribution in [0.3, 0.4) is 0 Å². The normalized spacial score (nSPS) is 17.9. The quantitative estimate of drug-likeness (QED) is 0.486. The number of aryl methyl sites for hydroxylation is 3. The SMILES string of the molecule is CC(=O)NN1CCN(c2nc(-c3cc(C)ccc3C)nc3c2CN(c2cc(C(C)C)ccc2C)CC3)C(C)C1. The summed E-state index contributed by atoms with van der Waals surface area (Å²) in [5.74, 6) is 2.31. The van der Waals surface area contributed by atoms with Crippen molar-refractivity contribution in [3.63, 3.8) is 0 Å². The van der Waals surface area contributed by atoms with Gasteiger partial charge < -0.3 is 9.80 Å². The van der Waals surface area contributed by atoms with Crippen molar-refractivity contribution in [3.05, 3.63) is 69.9 Å². The lowest BCUT2D eigenvalue weighted by Crippen LogP contribution is -2.57. The van der Waals surface area contributed by atoms with E-state index in [-0.39, 0.29) is 11.9 Å². The monoisotopic (exact) mass is 526 g/mol. The molecule has 1 saturated heterocycles. The zero-order chi connectivity index (χ0) is 27.8. The van der Waals surface area contributed by atoms with Crippen LogP contribution in [0.4, 0.5) is 11.5 Å². The lowest BCUT2D eigenvalue weighted by atomic mass is 9.97. The van der Waals surface area contributed by atoms with Crippen LogP contribution in [0.2, 0.25) is 0 Å². The Morgan fingerprint density at radius 3 is 2.49 bits per heavy atom. The molecule has 1 unspecified atom stereocenters. The van der Waals surface area contributed by atoms with Gasteiger partial charge in [0, 0.05) is 68.9 Å². The topological polar surface area (TPSA) is 64.6 Å². The number of benzene rings is 2. The lowest BCUT2D eigenvalue weighted by Gasteiger charge is -2.42. The van der Waals surface area contributed by atoms with Crippen molar-refractivity contribution in [2.75, 3.05) is 36.0 Å². The number of hydrogen-bond acceptors (Lipinski definition) is 6. The minimum Gasteiger partial charge on any atom is -0.366 e. The maximum atomic E-state index is 11.7. The number of aromatic nitrogens is 2. The fraction of sp³-hybridized carbons (Fsp3) is 0.469. The first kappa shape index (κ1) is 27.1. The second-order valence-electron chi connectivity index (χ2n) is 11.6. The summed E-state index contributed by atoms with van der Waals surface area (Å²) >= 11 is 0. The number of anilines is 2. The van der Waals surface area contributed by atoms with Crippen molar-refractivity contribution in [2.24, 2.45) is 0 Å². The molecule has 3 aromatic rings. The predicted octanol–water partition coefficient (Wildman–Crippen LogP) is 5.32. The number of fused-ring (bicyclic) bond motifs is 1. The van der Waals surface area contributed by atoms with Gasteiger partial charge in [0.15, 0.2) is 5.82 Å². The number of piperazine rings is 1. The zero-order valence-corrected chi connectivity index (χ0v) is 24.5. The van der Waals surface area contributed by atoms with Crippen molar-refractivity contribution in [1.82, 2.24) is 20.4 Å². The second-order valence-corrected chi connectivity index (χ2v) is 11.6. The number of hydrogen-bond donors (Lipinski definition) is 1. The van der Waals surface area contributed by atoms with Gasteiger partial charge in [0.25, 0.3) is 0 Å². The van der Waals surface area contributed by atoms with Crippen molar-refractivity contribution in [3.8, 4) is 11.4 Å². The molecule has 5 rings (SSSR count). The Balaban J connectivity index is 1.57. The van der Waals surface area contributed by atoms with Crippen molar-refractivity contribution >= 4 is 17.4 Å². The third kappa shape index (κ3) is 5.64. The number of hydrazine groups is 1. The first-order valence-corrected chi connectivity index (χ1v) is 14.2. The standard InChI is InChI=1S/C32H42N6O/c1-20(2)26-11-10-23(5)30(17-26)36-13-12-29-28(19-36)32(38-15-14-37(18-24(38)6)35-25(7)39)34-31(33-29)27-16-21(3)8-9-22(27)4/h8-11,16-17,20,24H,12-15,18-19H2,1-7H3,(H,35,39). The highest BCUT2D eigenvalue weighted by atomic mass is 16.2. The predicted molar refractivity (Wildman–Crippen MR) is 159 cm³/mol. The molecule has 3 heterocycles. The van der Waals surface area contributed by atoms with Gasteiger partial charge in [-0.1, -0.05) is 43.7 Å². The first-order chi connectivity index (χ1) is 18.6. The van der Waals surface area contributed by atoms with Gasteiger partial charge in [-0.15, -0.1) is 0 Å². The number of carbonyl (C=O) groups excluding carboxylic acids is 1. The van der Waals surface area contributed by atoms with Crippen molar-refractivity contribution in [1.29, 1.82) is 0 Å². The fourth-order valence-corrected chi connectivity index (χ4v) is 5.86. The average Bonchev–Trinajstić information content (AvgIpc) is 2.89. The van der Waals surface area contributed by atoms with E-state index in [0.717, 1.165) is 62.0 Å².